The van der Waals surface area contributed by atoms with Gasteiger partial charge in [-0.15, -0.1) is 0 Å². The van der Waals surface area contributed by atoms with Gasteiger partial charge in [0.25, 0.3) is 0 Å². The Labute approximate surface area is 153 Å². The number of sulfonamides is 1. The first-order valence-corrected chi connectivity index (χ1v) is 9.59. The Balaban J connectivity index is 3.37. The van der Waals surface area contributed by atoms with Gasteiger partial charge in [-0.05, 0) is 57.4 Å². The van der Waals surface area contributed by atoms with E-state index >= 15 is 0 Å². The zero-order valence-corrected chi connectivity index (χ0v) is 16.7. The number of hydrogen-bond donors (Lipinski definition) is 1. The molecule has 8 nitrogen and oxygen atoms in total. The zero-order chi connectivity index (χ0) is 20.1. The second-order valence-corrected chi connectivity index (χ2v) is 7.18. The molecule has 0 aromatic heterocycles. The molecule has 9 heteroatoms. The van der Waals surface area contributed by atoms with Crippen molar-refractivity contribution in [3.05, 3.63) is 22.8 Å². The van der Waals surface area contributed by atoms with E-state index in [1.807, 2.05) is 0 Å². The van der Waals surface area contributed by atoms with Gasteiger partial charge in [-0.25, -0.2) is 18.0 Å². The number of carbonyl (C=O) groups is 2. The summed E-state index contributed by atoms with van der Waals surface area (Å²) in [7, 11) is -2.71. The van der Waals surface area contributed by atoms with Crippen molar-refractivity contribution in [3.8, 4) is 5.75 Å². The van der Waals surface area contributed by atoms with E-state index in [2.05, 4.69) is 4.72 Å². The van der Waals surface area contributed by atoms with Crippen LogP contribution in [0.25, 0.3) is 0 Å². The smallest absolute Gasteiger partial charge is 0.335 e. The first-order chi connectivity index (χ1) is 12.1. The Morgan fingerprint density at radius 3 is 1.96 bits per heavy atom. The molecule has 0 atom stereocenters. The van der Waals surface area contributed by atoms with E-state index in [9.17, 15) is 18.0 Å². The van der Waals surface area contributed by atoms with Gasteiger partial charge < -0.3 is 14.2 Å². The fourth-order valence-corrected chi connectivity index (χ4v) is 4.16. The minimum atomic E-state index is -4.20. The minimum absolute atomic E-state index is 0.00380. The van der Waals surface area contributed by atoms with Crippen molar-refractivity contribution in [3.63, 3.8) is 0 Å². The first-order valence-electron chi connectivity index (χ1n) is 8.11. The summed E-state index contributed by atoms with van der Waals surface area (Å²) in [6, 6.07) is -0.193. The second-order valence-electron chi connectivity index (χ2n) is 5.53. The summed E-state index contributed by atoms with van der Waals surface area (Å²) < 4.78 is 42.7. The number of nitrogens with one attached hydrogen (secondary N) is 1. The average molecular weight is 387 g/mol. The van der Waals surface area contributed by atoms with E-state index < -0.39 is 28.0 Å². The maximum atomic E-state index is 12.9. The van der Waals surface area contributed by atoms with Crippen LogP contribution in [0.2, 0.25) is 0 Å². The minimum Gasteiger partial charge on any atom is -0.496 e. The number of esters is 2. The summed E-state index contributed by atoms with van der Waals surface area (Å²) >= 11 is 0. The maximum Gasteiger partial charge on any atom is 0.335 e. The van der Waals surface area contributed by atoms with Crippen molar-refractivity contribution < 1.29 is 32.2 Å². The molecule has 0 saturated heterocycles. The standard InChI is InChI=1S/C17H25NO7S/c1-7-24-16(19)14(17(20)25-8-2)18-26(21,22)15-10(3)9-13(23-6)11(4)12(15)5/h9,14,18H,7-8H2,1-6H3. The molecular weight excluding hydrogens is 362 g/mol. The maximum absolute atomic E-state index is 12.9. The van der Waals surface area contributed by atoms with Crippen molar-refractivity contribution in [2.24, 2.45) is 0 Å². The van der Waals surface area contributed by atoms with E-state index in [0.717, 1.165) is 0 Å². The molecular formula is C17H25NO7S. The quantitative estimate of drug-likeness (QED) is 0.530. The highest BCUT2D eigenvalue weighted by molar-refractivity contribution is 7.89. The molecule has 0 saturated carbocycles. The van der Waals surface area contributed by atoms with Crippen LogP contribution in [0.15, 0.2) is 11.0 Å². The van der Waals surface area contributed by atoms with Crippen LogP contribution in [-0.2, 0) is 29.1 Å². The van der Waals surface area contributed by atoms with E-state index in [0.29, 0.717) is 22.4 Å². The Bertz CT molecular complexity index is 769. The first kappa shape index (κ1) is 21.9. The zero-order valence-electron chi connectivity index (χ0n) is 15.8. The SMILES string of the molecule is CCOC(=O)C(NS(=O)(=O)c1c(C)cc(OC)c(C)c1C)C(=O)OCC. The summed E-state index contributed by atoms with van der Waals surface area (Å²) in [6.07, 6.45) is 0. The molecule has 26 heavy (non-hydrogen) atoms. The molecule has 1 aromatic carbocycles. The summed E-state index contributed by atoms with van der Waals surface area (Å²) in [4.78, 5) is 24.1. The molecule has 1 N–H and O–H groups in total. The topological polar surface area (TPSA) is 108 Å². The molecule has 0 amide bonds. The fraction of sp³-hybridized carbons (Fsp3) is 0.529. The highest BCUT2D eigenvalue weighted by Crippen LogP contribution is 2.30. The number of hydrogen-bond acceptors (Lipinski definition) is 7. The number of aryl methyl sites for hydroxylation is 1. The van der Waals surface area contributed by atoms with Gasteiger partial charge in [-0.1, -0.05) is 0 Å². The van der Waals surface area contributed by atoms with Crippen LogP contribution in [0.5, 0.6) is 5.75 Å². The third-order valence-corrected chi connectivity index (χ3v) is 5.50. The van der Waals surface area contributed by atoms with Gasteiger partial charge in [-0.3, -0.25) is 0 Å². The Hall–Kier alpha value is -2.13. The number of ether oxygens (including phenoxy) is 3. The van der Waals surface area contributed by atoms with Crippen molar-refractivity contribution in [1.82, 2.24) is 4.72 Å². The molecule has 0 aliphatic carbocycles. The van der Waals surface area contributed by atoms with Crippen LogP contribution in [0.4, 0.5) is 0 Å². The molecule has 0 aliphatic rings. The normalized spacial score (nSPS) is 11.3. The molecule has 1 aromatic rings. The van der Waals surface area contributed by atoms with Crippen LogP contribution in [0.3, 0.4) is 0 Å². The lowest BCUT2D eigenvalue weighted by atomic mass is 10.1. The summed E-state index contributed by atoms with van der Waals surface area (Å²) in [6.45, 7) is 8.05. The highest BCUT2D eigenvalue weighted by Gasteiger charge is 2.36. The number of methoxy groups -OCH3 is 1. The van der Waals surface area contributed by atoms with Crippen molar-refractivity contribution in [2.45, 2.75) is 45.6 Å². The van der Waals surface area contributed by atoms with Gasteiger partial charge >= 0.3 is 11.9 Å². The lowest BCUT2D eigenvalue weighted by Gasteiger charge is -2.20. The van der Waals surface area contributed by atoms with E-state index in [1.165, 1.54) is 7.11 Å². The van der Waals surface area contributed by atoms with Crippen LogP contribution in [-0.4, -0.2) is 46.7 Å². The molecule has 1 rings (SSSR count). The van der Waals surface area contributed by atoms with Gasteiger partial charge in [-0.2, -0.15) is 4.72 Å². The number of carbonyl (C=O) groups excluding carboxylic acids is 2. The molecule has 0 heterocycles. The predicted octanol–water partition coefficient (Wildman–Crippen LogP) is 1.39. The summed E-state index contributed by atoms with van der Waals surface area (Å²) in [5.41, 5.74) is 1.52. The number of benzene rings is 1. The fourth-order valence-electron chi connectivity index (χ4n) is 2.50. The summed E-state index contributed by atoms with van der Waals surface area (Å²) in [5.74, 6) is -1.49. The van der Waals surface area contributed by atoms with Gasteiger partial charge in [0.05, 0.1) is 25.2 Å². The lowest BCUT2D eigenvalue weighted by Crippen LogP contribution is -2.48. The third kappa shape index (κ3) is 4.73. The van der Waals surface area contributed by atoms with E-state index in [1.54, 1.807) is 40.7 Å². The van der Waals surface area contributed by atoms with Crippen LogP contribution < -0.4 is 9.46 Å². The average Bonchev–Trinajstić information content (AvgIpc) is 2.56. The van der Waals surface area contributed by atoms with E-state index in [4.69, 9.17) is 14.2 Å². The largest absolute Gasteiger partial charge is 0.496 e. The Morgan fingerprint density at radius 1 is 1.04 bits per heavy atom. The molecule has 0 unspecified atom stereocenters. The molecule has 0 bridgehead atoms. The summed E-state index contributed by atoms with van der Waals surface area (Å²) in [5, 5.41) is 0. The Morgan fingerprint density at radius 2 is 1.54 bits per heavy atom. The molecule has 0 spiro atoms. The predicted molar refractivity (Wildman–Crippen MR) is 94.6 cm³/mol. The van der Waals surface area contributed by atoms with Gasteiger partial charge in [0, 0.05) is 0 Å². The van der Waals surface area contributed by atoms with Gasteiger partial charge in [0.1, 0.15) is 5.75 Å². The van der Waals surface area contributed by atoms with Crippen LogP contribution in [0.1, 0.15) is 30.5 Å². The van der Waals surface area contributed by atoms with Crippen molar-refractivity contribution in [2.75, 3.05) is 20.3 Å². The lowest BCUT2D eigenvalue weighted by molar-refractivity contribution is -0.157. The van der Waals surface area contributed by atoms with Crippen LogP contribution in [0, 0.1) is 20.8 Å². The van der Waals surface area contributed by atoms with Gasteiger partial charge in [0.2, 0.25) is 16.1 Å². The highest BCUT2D eigenvalue weighted by atomic mass is 32.2. The van der Waals surface area contributed by atoms with Crippen LogP contribution >= 0.6 is 0 Å². The van der Waals surface area contributed by atoms with E-state index in [-0.39, 0.29) is 18.1 Å². The van der Waals surface area contributed by atoms with Crippen molar-refractivity contribution in [1.29, 1.82) is 0 Å². The monoisotopic (exact) mass is 387 g/mol. The van der Waals surface area contributed by atoms with Crippen molar-refractivity contribution >= 4 is 22.0 Å². The Kier molecular flexibility index (Phi) is 7.58. The molecule has 0 radical (unpaired) electrons. The molecule has 146 valence electrons. The number of rotatable bonds is 8. The third-order valence-electron chi connectivity index (χ3n) is 3.78. The molecule has 0 aliphatic heterocycles. The molecule has 0 fully saturated rings. The van der Waals surface area contributed by atoms with Gasteiger partial charge in [0.15, 0.2) is 0 Å². The second kappa shape index (κ2) is 9.00.